The third-order valence-electron chi connectivity index (χ3n) is 5.36. The topological polar surface area (TPSA) is 68.1 Å². The van der Waals surface area contributed by atoms with Crippen LogP contribution in [0.3, 0.4) is 0 Å². The summed E-state index contributed by atoms with van der Waals surface area (Å²) < 4.78 is 26.6. The summed E-state index contributed by atoms with van der Waals surface area (Å²) in [6, 6.07) is 10.4. The predicted octanol–water partition coefficient (Wildman–Crippen LogP) is 3.28. The van der Waals surface area contributed by atoms with Crippen molar-refractivity contribution < 1.29 is 13.6 Å². The number of likely N-dealkylation sites (tertiary alicyclic amines) is 1. The molecule has 1 amide bonds. The van der Waals surface area contributed by atoms with Crippen molar-refractivity contribution in [3.63, 3.8) is 0 Å². The number of hydrogen-bond acceptors (Lipinski definition) is 4. The van der Waals surface area contributed by atoms with Crippen LogP contribution >= 0.6 is 0 Å². The van der Waals surface area contributed by atoms with Crippen LogP contribution in [0.15, 0.2) is 53.7 Å². The Labute approximate surface area is 165 Å². The minimum Gasteiger partial charge on any atom is -0.337 e. The second kappa shape index (κ2) is 8.06. The van der Waals surface area contributed by atoms with E-state index < -0.39 is 17.7 Å². The van der Waals surface area contributed by atoms with Crippen LogP contribution in [0.5, 0.6) is 0 Å². The van der Waals surface area contributed by atoms with Crippen LogP contribution in [0.2, 0.25) is 0 Å². The zero-order valence-corrected chi connectivity index (χ0v) is 15.7. The number of hydrogen-bond donors (Lipinski definition) is 0. The lowest BCUT2D eigenvalue weighted by atomic mass is 9.96. The van der Waals surface area contributed by atoms with E-state index >= 15 is 0 Å². The molecule has 0 saturated carbocycles. The number of carbonyl (C=O) groups excluding carboxylic acids is 1. The molecule has 3 heterocycles. The van der Waals surface area contributed by atoms with Gasteiger partial charge in [0.25, 0.3) is 17.9 Å². The van der Waals surface area contributed by atoms with E-state index in [1.165, 1.54) is 10.9 Å². The molecule has 29 heavy (non-hydrogen) atoms. The number of aromatic nitrogens is 3. The Morgan fingerprint density at radius 1 is 1.14 bits per heavy atom. The first-order chi connectivity index (χ1) is 14.0. The summed E-state index contributed by atoms with van der Waals surface area (Å²) in [4.78, 5) is 34.7. The molecule has 0 N–H and O–H groups in total. The van der Waals surface area contributed by atoms with Crippen molar-refractivity contribution in [1.82, 2.24) is 19.4 Å². The highest BCUT2D eigenvalue weighted by Crippen LogP contribution is 2.23. The highest BCUT2D eigenvalue weighted by molar-refractivity contribution is 6.05. The van der Waals surface area contributed by atoms with Gasteiger partial charge >= 0.3 is 0 Å². The highest BCUT2D eigenvalue weighted by atomic mass is 19.3. The van der Waals surface area contributed by atoms with Crippen molar-refractivity contribution in [3.8, 4) is 0 Å². The molecule has 0 radical (unpaired) electrons. The second-order valence-electron chi connectivity index (χ2n) is 7.22. The fraction of sp³-hybridized carbons (Fsp3) is 0.333. The molecule has 0 bridgehead atoms. The number of nitrogens with zero attached hydrogens (tertiary/aromatic N) is 4. The molecule has 6 nitrogen and oxygen atoms in total. The average Bonchev–Trinajstić information content (AvgIpc) is 2.74. The number of carbonyl (C=O) groups is 1. The molecular weight excluding hydrogens is 378 g/mol. The third kappa shape index (κ3) is 4.01. The molecule has 0 aliphatic carbocycles. The summed E-state index contributed by atoms with van der Waals surface area (Å²) >= 11 is 0. The zero-order valence-electron chi connectivity index (χ0n) is 15.7. The molecule has 1 aliphatic heterocycles. The summed E-state index contributed by atoms with van der Waals surface area (Å²) in [6.07, 6.45) is 1.51. The van der Waals surface area contributed by atoms with Gasteiger partial charge in [0.15, 0.2) is 0 Å². The number of piperidine rings is 1. The van der Waals surface area contributed by atoms with E-state index in [0.29, 0.717) is 25.3 Å². The summed E-state index contributed by atoms with van der Waals surface area (Å²) in [5, 5.41) is 1.80. The van der Waals surface area contributed by atoms with E-state index in [1.807, 2.05) is 30.3 Å². The maximum absolute atomic E-state index is 13.0. The molecule has 8 heteroatoms. The minimum atomic E-state index is -2.76. The van der Waals surface area contributed by atoms with Gasteiger partial charge in [-0.3, -0.25) is 19.1 Å². The largest absolute Gasteiger partial charge is 0.337 e. The van der Waals surface area contributed by atoms with Crippen molar-refractivity contribution in [1.29, 1.82) is 0 Å². The van der Waals surface area contributed by atoms with E-state index in [1.54, 1.807) is 11.1 Å². The number of pyridine rings is 1. The predicted molar refractivity (Wildman–Crippen MR) is 104 cm³/mol. The first-order valence-corrected chi connectivity index (χ1v) is 9.50. The fourth-order valence-electron chi connectivity index (χ4n) is 3.73. The van der Waals surface area contributed by atoms with E-state index in [-0.39, 0.29) is 11.8 Å². The lowest BCUT2D eigenvalue weighted by Gasteiger charge is -2.32. The molecule has 2 aromatic heterocycles. The number of halogens is 2. The molecule has 150 valence electrons. The molecule has 3 aromatic rings. The quantitative estimate of drug-likeness (QED) is 0.676. The van der Waals surface area contributed by atoms with Gasteiger partial charge in [0.1, 0.15) is 11.4 Å². The molecule has 0 atom stereocenters. The molecule has 0 unspecified atom stereocenters. The number of benzene rings is 1. The number of amides is 1. The van der Waals surface area contributed by atoms with Gasteiger partial charge in [-0.25, -0.2) is 13.8 Å². The molecule has 1 saturated heterocycles. The van der Waals surface area contributed by atoms with Crippen LogP contribution < -0.4 is 5.56 Å². The van der Waals surface area contributed by atoms with Crippen LogP contribution in [0.25, 0.3) is 10.8 Å². The van der Waals surface area contributed by atoms with Crippen LogP contribution in [0.4, 0.5) is 8.78 Å². The first kappa shape index (κ1) is 19.2. The molecule has 0 spiro atoms. The van der Waals surface area contributed by atoms with Crippen molar-refractivity contribution in [2.24, 2.45) is 5.92 Å². The van der Waals surface area contributed by atoms with E-state index in [2.05, 4.69) is 9.97 Å². The SMILES string of the molecule is O=C(c1nccc2ccccc12)N1CCC(Cn2cnc(C(F)F)cc2=O)CC1. The fourth-order valence-corrected chi connectivity index (χ4v) is 3.73. The van der Waals surface area contributed by atoms with Gasteiger partial charge < -0.3 is 4.90 Å². The lowest BCUT2D eigenvalue weighted by molar-refractivity contribution is 0.0678. The van der Waals surface area contributed by atoms with Crippen molar-refractivity contribution in [2.75, 3.05) is 13.1 Å². The van der Waals surface area contributed by atoms with Gasteiger partial charge in [-0.1, -0.05) is 24.3 Å². The Morgan fingerprint density at radius 2 is 1.90 bits per heavy atom. The van der Waals surface area contributed by atoms with Gasteiger partial charge in [0.2, 0.25) is 0 Å². The molecule has 1 aliphatic rings. The Bertz CT molecular complexity index is 1090. The Hall–Kier alpha value is -3.16. The molecular formula is C21H20F2N4O2. The normalized spacial score (nSPS) is 15.2. The zero-order chi connectivity index (χ0) is 20.4. The molecule has 1 aromatic carbocycles. The number of rotatable bonds is 4. The van der Waals surface area contributed by atoms with Crippen LogP contribution in [0.1, 0.15) is 35.4 Å². The average molecular weight is 398 g/mol. The maximum Gasteiger partial charge on any atom is 0.280 e. The van der Waals surface area contributed by atoms with Crippen LogP contribution in [-0.2, 0) is 6.54 Å². The third-order valence-corrected chi connectivity index (χ3v) is 5.36. The first-order valence-electron chi connectivity index (χ1n) is 9.50. The summed E-state index contributed by atoms with van der Waals surface area (Å²) in [5.74, 6) is 0.0804. The summed E-state index contributed by atoms with van der Waals surface area (Å²) in [7, 11) is 0. The number of alkyl halides is 2. The van der Waals surface area contributed by atoms with E-state index in [4.69, 9.17) is 0 Å². The van der Waals surface area contributed by atoms with Gasteiger partial charge in [-0.05, 0) is 30.2 Å². The van der Waals surface area contributed by atoms with Crippen LogP contribution in [0, 0.1) is 5.92 Å². The van der Waals surface area contributed by atoms with E-state index in [0.717, 1.165) is 29.7 Å². The lowest BCUT2D eigenvalue weighted by Crippen LogP contribution is -2.40. The van der Waals surface area contributed by atoms with Gasteiger partial charge in [0.05, 0.1) is 6.33 Å². The van der Waals surface area contributed by atoms with Gasteiger partial charge in [-0.15, -0.1) is 0 Å². The monoisotopic (exact) mass is 398 g/mol. The van der Waals surface area contributed by atoms with Gasteiger partial charge in [0, 0.05) is 37.3 Å². The highest BCUT2D eigenvalue weighted by Gasteiger charge is 2.26. The van der Waals surface area contributed by atoms with Crippen molar-refractivity contribution in [3.05, 3.63) is 70.7 Å². The Kier molecular flexibility index (Phi) is 5.33. The Balaban J connectivity index is 1.42. The molecule has 1 fully saturated rings. The van der Waals surface area contributed by atoms with Gasteiger partial charge in [-0.2, -0.15) is 0 Å². The van der Waals surface area contributed by atoms with Crippen LogP contribution in [-0.4, -0.2) is 38.4 Å². The molecule has 4 rings (SSSR count). The van der Waals surface area contributed by atoms with Crippen molar-refractivity contribution >= 4 is 16.7 Å². The number of fused-ring (bicyclic) bond motifs is 1. The summed E-state index contributed by atoms with van der Waals surface area (Å²) in [5.41, 5.74) is -0.535. The standard InChI is InChI=1S/C21H20F2N4O2/c22-20(23)17-11-18(28)27(13-25-17)12-14-6-9-26(10-7-14)21(29)19-16-4-2-1-3-15(16)5-8-24-19/h1-5,8,11,13-14,20H,6-7,9-10,12H2. The minimum absolute atomic E-state index is 0.0969. The summed E-state index contributed by atoms with van der Waals surface area (Å²) in [6.45, 7) is 1.53. The Morgan fingerprint density at radius 3 is 2.62 bits per heavy atom. The smallest absolute Gasteiger partial charge is 0.280 e. The van der Waals surface area contributed by atoms with Crippen molar-refractivity contribution in [2.45, 2.75) is 25.8 Å². The second-order valence-corrected chi connectivity index (χ2v) is 7.22. The van der Waals surface area contributed by atoms with E-state index in [9.17, 15) is 18.4 Å². The maximum atomic E-state index is 13.0.